The normalized spacial score (nSPS) is 11.1. The van der Waals surface area contributed by atoms with Gasteiger partial charge in [-0.15, -0.1) is 0 Å². The molecule has 0 saturated heterocycles. The molecule has 1 aromatic heterocycles. The molecule has 0 aliphatic heterocycles. The molecule has 4 nitrogen and oxygen atoms in total. The van der Waals surface area contributed by atoms with Gasteiger partial charge in [0, 0.05) is 28.7 Å². The van der Waals surface area contributed by atoms with E-state index in [4.69, 9.17) is 0 Å². The molecular formula is C15H16N2O2. The molecule has 0 saturated carbocycles. The number of rotatable bonds is 3. The highest BCUT2D eigenvalue weighted by molar-refractivity contribution is 5.55. The second-order valence-corrected chi connectivity index (χ2v) is 4.60. The molecule has 0 spiro atoms. The van der Waals surface area contributed by atoms with Crippen LogP contribution < -0.4 is 0 Å². The summed E-state index contributed by atoms with van der Waals surface area (Å²) in [6.45, 7) is 6.01. The van der Waals surface area contributed by atoms with Gasteiger partial charge in [-0.1, -0.05) is 12.1 Å². The molecule has 0 aliphatic carbocycles. The Morgan fingerprint density at radius 2 is 1.95 bits per heavy atom. The van der Waals surface area contributed by atoms with E-state index >= 15 is 0 Å². The summed E-state index contributed by atoms with van der Waals surface area (Å²) < 4.78 is 2.10. The summed E-state index contributed by atoms with van der Waals surface area (Å²) in [6, 6.07) is 10.1. The maximum absolute atomic E-state index is 10.4. The summed E-state index contributed by atoms with van der Waals surface area (Å²) >= 11 is 0. The first kappa shape index (κ1) is 13.1. The van der Waals surface area contributed by atoms with Gasteiger partial charge in [-0.2, -0.15) is 0 Å². The predicted octanol–water partition coefficient (Wildman–Crippen LogP) is 3.65. The predicted molar refractivity (Wildman–Crippen MR) is 76.0 cm³/mol. The molecule has 0 radical (unpaired) electrons. The Morgan fingerprint density at radius 3 is 2.58 bits per heavy atom. The zero-order chi connectivity index (χ0) is 14.0. The van der Waals surface area contributed by atoms with Gasteiger partial charge in [0.2, 0.25) is 6.20 Å². The van der Waals surface area contributed by atoms with Crippen molar-refractivity contribution in [2.45, 2.75) is 20.8 Å². The van der Waals surface area contributed by atoms with E-state index in [0.717, 1.165) is 28.8 Å². The molecule has 1 aromatic carbocycles. The molecule has 1 heterocycles. The average Bonchev–Trinajstić information content (AvgIpc) is 2.62. The highest BCUT2D eigenvalue weighted by Crippen LogP contribution is 2.22. The fourth-order valence-corrected chi connectivity index (χ4v) is 2.26. The molecular weight excluding hydrogens is 240 g/mol. The summed E-state index contributed by atoms with van der Waals surface area (Å²) in [6.07, 6.45) is 2.51. The van der Waals surface area contributed by atoms with Crippen LogP contribution in [-0.2, 0) is 0 Å². The summed E-state index contributed by atoms with van der Waals surface area (Å²) in [5.41, 5.74) is 5.20. The lowest BCUT2D eigenvalue weighted by atomic mass is 10.2. The largest absolute Gasteiger partial charge is 0.318 e. The molecule has 0 N–H and O–H groups in total. The van der Waals surface area contributed by atoms with Crippen LogP contribution >= 0.6 is 0 Å². The Labute approximate surface area is 112 Å². The van der Waals surface area contributed by atoms with Crippen LogP contribution in [0.3, 0.4) is 0 Å². The number of nitro groups is 1. The van der Waals surface area contributed by atoms with Crippen LogP contribution in [0.25, 0.3) is 11.8 Å². The first-order chi connectivity index (χ1) is 8.99. The highest BCUT2D eigenvalue weighted by Gasteiger charge is 2.09. The third-order valence-corrected chi connectivity index (χ3v) is 3.11. The summed E-state index contributed by atoms with van der Waals surface area (Å²) in [5, 5.41) is 10.4. The SMILES string of the molecule is Cc1cccc(-n2c(C)cc(/C=C/[N+](=O)[O-])c2C)c1. The Morgan fingerprint density at radius 1 is 1.21 bits per heavy atom. The minimum Gasteiger partial charge on any atom is -0.318 e. The number of hydrogen-bond donors (Lipinski definition) is 0. The van der Waals surface area contributed by atoms with Gasteiger partial charge in [-0.25, -0.2) is 0 Å². The standard InChI is InChI=1S/C15H16N2O2/c1-11-5-4-6-15(9-11)17-12(2)10-14(13(17)3)7-8-16(18)19/h4-10H,1-3H3/b8-7+. The van der Waals surface area contributed by atoms with E-state index in [2.05, 4.69) is 10.6 Å². The highest BCUT2D eigenvalue weighted by atomic mass is 16.6. The fourth-order valence-electron chi connectivity index (χ4n) is 2.26. The van der Waals surface area contributed by atoms with Crippen LogP contribution in [0.15, 0.2) is 36.5 Å². The van der Waals surface area contributed by atoms with E-state index in [0.29, 0.717) is 0 Å². The van der Waals surface area contributed by atoms with Crippen molar-refractivity contribution < 1.29 is 4.92 Å². The maximum Gasteiger partial charge on any atom is 0.235 e. The number of hydrogen-bond acceptors (Lipinski definition) is 2. The fraction of sp³-hybridized carbons (Fsp3) is 0.200. The maximum atomic E-state index is 10.4. The van der Waals surface area contributed by atoms with Crippen molar-refractivity contribution in [1.29, 1.82) is 0 Å². The lowest BCUT2D eigenvalue weighted by Gasteiger charge is -2.10. The molecule has 0 aliphatic rings. The van der Waals surface area contributed by atoms with Crippen molar-refractivity contribution >= 4 is 6.08 Å². The quantitative estimate of drug-likeness (QED) is 0.621. The molecule has 4 heteroatoms. The van der Waals surface area contributed by atoms with Crippen molar-refractivity contribution in [3.05, 3.63) is 69.2 Å². The monoisotopic (exact) mass is 256 g/mol. The zero-order valence-corrected chi connectivity index (χ0v) is 11.3. The third-order valence-electron chi connectivity index (χ3n) is 3.11. The number of benzene rings is 1. The van der Waals surface area contributed by atoms with Crippen molar-refractivity contribution in [2.75, 3.05) is 0 Å². The van der Waals surface area contributed by atoms with Crippen molar-refractivity contribution in [1.82, 2.24) is 4.57 Å². The Kier molecular flexibility index (Phi) is 3.51. The molecule has 2 aromatic rings. The van der Waals surface area contributed by atoms with Crippen molar-refractivity contribution in [2.24, 2.45) is 0 Å². The Hall–Kier alpha value is -2.36. The van der Waals surface area contributed by atoms with Gasteiger partial charge in [0.15, 0.2) is 0 Å². The minimum absolute atomic E-state index is 0.446. The number of aromatic nitrogens is 1. The van der Waals surface area contributed by atoms with E-state index in [9.17, 15) is 10.1 Å². The first-order valence-electron chi connectivity index (χ1n) is 6.06. The van der Waals surface area contributed by atoms with Crippen LogP contribution in [0.1, 0.15) is 22.5 Å². The van der Waals surface area contributed by atoms with Crippen LogP contribution in [-0.4, -0.2) is 9.49 Å². The van der Waals surface area contributed by atoms with Gasteiger partial charge in [0.1, 0.15) is 0 Å². The molecule has 0 fully saturated rings. The van der Waals surface area contributed by atoms with E-state index in [1.165, 1.54) is 11.6 Å². The topological polar surface area (TPSA) is 48.1 Å². The third kappa shape index (κ3) is 2.73. The van der Waals surface area contributed by atoms with Crippen molar-refractivity contribution in [3.8, 4) is 5.69 Å². The molecule has 98 valence electrons. The summed E-state index contributed by atoms with van der Waals surface area (Å²) in [5.74, 6) is 0. The van der Waals surface area contributed by atoms with Gasteiger partial charge < -0.3 is 4.57 Å². The molecule has 0 atom stereocenters. The Bertz CT molecular complexity index is 654. The van der Waals surface area contributed by atoms with Gasteiger partial charge in [-0.3, -0.25) is 10.1 Å². The summed E-state index contributed by atoms with van der Waals surface area (Å²) in [7, 11) is 0. The van der Waals surface area contributed by atoms with Gasteiger partial charge in [0.05, 0.1) is 4.92 Å². The molecule has 0 amide bonds. The molecule has 19 heavy (non-hydrogen) atoms. The van der Waals surface area contributed by atoms with Gasteiger partial charge in [-0.05, 0) is 44.5 Å². The molecule has 0 bridgehead atoms. The van der Waals surface area contributed by atoms with Gasteiger partial charge in [0.25, 0.3) is 0 Å². The molecule has 2 rings (SSSR count). The minimum atomic E-state index is -0.446. The lowest BCUT2D eigenvalue weighted by Crippen LogP contribution is -1.99. The van der Waals surface area contributed by atoms with Crippen LogP contribution in [0.5, 0.6) is 0 Å². The van der Waals surface area contributed by atoms with Gasteiger partial charge >= 0.3 is 0 Å². The number of aryl methyl sites for hydroxylation is 2. The second kappa shape index (κ2) is 5.10. The number of nitrogens with zero attached hydrogens (tertiary/aromatic N) is 2. The van der Waals surface area contributed by atoms with Crippen molar-refractivity contribution in [3.63, 3.8) is 0 Å². The van der Waals surface area contributed by atoms with Crippen LogP contribution in [0, 0.1) is 30.9 Å². The van der Waals surface area contributed by atoms with E-state index in [1.807, 2.05) is 45.0 Å². The zero-order valence-electron chi connectivity index (χ0n) is 11.3. The molecule has 0 unspecified atom stereocenters. The summed E-state index contributed by atoms with van der Waals surface area (Å²) in [4.78, 5) is 9.96. The first-order valence-corrected chi connectivity index (χ1v) is 6.06. The lowest BCUT2D eigenvalue weighted by molar-refractivity contribution is -0.400. The van der Waals surface area contributed by atoms with Crippen LogP contribution in [0.4, 0.5) is 0 Å². The van der Waals surface area contributed by atoms with E-state index < -0.39 is 4.92 Å². The second-order valence-electron chi connectivity index (χ2n) is 4.60. The van der Waals surface area contributed by atoms with E-state index in [1.54, 1.807) is 0 Å². The Balaban J connectivity index is 2.51. The smallest absolute Gasteiger partial charge is 0.235 e. The van der Waals surface area contributed by atoms with Crippen LogP contribution in [0.2, 0.25) is 0 Å². The average molecular weight is 256 g/mol. The van der Waals surface area contributed by atoms with E-state index in [-0.39, 0.29) is 0 Å².